The average molecular weight is 533 g/mol. The number of benzene rings is 2. The maximum Gasteiger partial charge on any atom is 0.491 e. The number of aromatic hydroxyl groups is 1. The van der Waals surface area contributed by atoms with Gasteiger partial charge in [-0.25, -0.2) is 4.79 Å². The number of morpholine rings is 1. The fourth-order valence-electron chi connectivity index (χ4n) is 3.82. The van der Waals surface area contributed by atoms with Crippen molar-refractivity contribution in [3.63, 3.8) is 0 Å². The van der Waals surface area contributed by atoms with E-state index in [1.807, 2.05) is 24.3 Å². The summed E-state index contributed by atoms with van der Waals surface area (Å²) in [4.78, 5) is 13.7. The molecule has 1 aromatic heterocycles. The number of carbonyl (C=O) groups is 1. The summed E-state index contributed by atoms with van der Waals surface area (Å²) < 4.78 is 49.8. The van der Waals surface area contributed by atoms with Crippen LogP contribution in [0.4, 0.5) is 13.2 Å². The Labute approximate surface area is 216 Å². The molecule has 12 heteroatoms. The van der Waals surface area contributed by atoms with Gasteiger partial charge in [-0.1, -0.05) is 18.1 Å². The molecule has 1 aliphatic rings. The molecule has 2 aromatic carbocycles. The van der Waals surface area contributed by atoms with E-state index in [0.29, 0.717) is 18.9 Å². The molecule has 1 N–H and O–H groups in total. The molecule has 0 bridgehead atoms. The molecular weight excluding hydrogens is 509 g/mol. The van der Waals surface area contributed by atoms with E-state index in [-0.39, 0.29) is 28.5 Å². The van der Waals surface area contributed by atoms with E-state index in [9.17, 15) is 23.1 Å². The Bertz CT molecular complexity index is 1340. The number of halogens is 3. The summed E-state index contributed by atoms with van der Waals surface area (Å²) in [6.07, 6.45) is -5.22. The highest BCUT2D eigenvalue weighted by atomic mass is 32.1. The van der Waals surface area contributed by atoms with Crippen LogP contribution in [0.3, 0.4) is 0 Å². The minimum absolute atomic E-state index is 0.0254. The van der Waals surface area contributed by atoms with Gasteiger partial charge < -0.3 is 14.6 Å². The summed E-state index contributed by atoms with van der Waals surface area (Å²) in [5.74, 6) is 2.27. The van der Waals surface area contributed by atoms with Gasteiger partial charge >= 0.3 is 12.1 Å². The van der Waals surface area contributed by atoms with Gasteiger partial charge in [-0.2, -0.15) is 13.2 Å². The lowest BCUT2D eigenvalue weighted by molar-refractivity contribution is -0.189. The lowest BCUT2D eigenvalue weighted by atomic mass is 10.0. The van der Waals surface area contributed by atoms with E-state index in [2.05, 4.69) is 44.3 Å². The Morgan fingerprint density at radius 1 is 1.19 bits per heavy atom. The second-order valence-electron chi connectivity index (χ2n) is 8.18. The second-order valence-corrected chi connectivity index (χ2v) is 8.58. The number of phenolic OH excluding ortho intramolecular Hbond substituents is 1. The largest absolute Gasteiger partial charge is 0.507 e. The second kappa shape index (κ2) is 11.2. The van der Waals surface area contributed by atoms with Crippen LogP contribution in [-0.4, -0.2) is 63.2 Å². The molecule has 0 aliphatic carbocycles. The zero-order valence-corrected chi connectivity index (χ0v) is 20.6. The van der Waals surface area contributed by atoms with Crippen molar-refractivity contribution in [1.82, 2.24) is 19.7 Å². The number of thiol groups is 1. The van der Waals surface area contributed by atoms with Crippen LogP contribution in [0, 0.1) is 11.8 Å². The molecule has 0 saturated carbocycles. The number of phenols is 1. The van der Waals surface area contributed by atoms with Gasteiger partial charge in [0.25, 0.3) is 0 Å². The van der Waals surface area contributed by atoms with E-state index < -0.39 is 23.6 Å². The maximum atomic E-state index is 12.8. The number of alkyl halides is 3. The standard InChI is InChI=1S/C25H23F3N4O4S/c1-2-3-4-17-13-19(20(33)14-21(17)36-23(34)25(26,27)28)22-29-30-24(37)32(22)18-7-5-16(6-8-18)15-31-9-11-35-12-10-31/h5-8,13-14,33H,4,9-12,15H2,1H3,(H,30,37). The minimum atomic E-state index is -5.20. The first-order chi connectivity index (χ1) is 17.7. The smallest absolute Gasteiger partial charge is 0.491 e. The molecule has 0 amide bonds. The topological polar surface area (TPSA) is 89.7 Å². The van der Waals surface area contributed by atoms with Crippen LogP contribution in [0.1, 0.15) is 18.1 Å². The van der Waals surface area contributed by atoms with Crippen LogP contribution in [0.15, 0.2) is 41.6 Å². The summed E-state index contributed by atoms with van der Waals surface area (Å²) in [5.41, 5.74) is 2.08. The first kappa shape index (κ1) is 26.5. The quantitative estimate of drug-likeness (QED) is 0.216. The van der Waals surface area contributed by atoms with Crippen molar-refractivity contribution in [2.75, 3.05) is 26.3 Å². The van der Waals surface area contributed by atoms with Crippen LogP contribution < -0.4 is 4.74 Å². The van der Waals surface area contributed by atoms with Crippen LogP contribution in [0.25, 0.3) is 17.1 Å². The lowest BCUT2D eigenvalue weighted by Gasteiger charge is -2.26. The zero-order chi connectivity index (χ0) is 26.6. The molecule has 0 unspecified atom stereocenters. The van der Waals surface area contributed by atoms with Crippen molar-refractivity contribution in [3.8, 4) is 40.4 Å². The Morgan fingerprint density at radius 3 is 2.54 bits per heavy atom. The van der Waals surface area contributed by atoms with E-state index >= 15 is 0 Å². The number of esters is 1. The molecule has 1 aliphatic heterocycles. The van der Waals surface area contributed by atoms with Gasteiger partial charge in [0.15, 0.2) is 11.0 Å². The van der Waals surface area contributed by atoms with Gasteiger partial charge in [0.2, 0.25) is 0 Å². The zero-order valence-electron chi connectivity index (χ0n) is 19.7. The highest BCUT2D eigenvalue weighted by molar-refractivity contribution is 7.80. The molecule has 8 nitrogen and oxygen atoms in total. The molecule has 0 atom stereocenters. The van der Waals surface area contributed by atoms with E-state index in [0.717, 1.165) is 31.3 Å². The molecule has 0 spiro atoms. The number of aromatic nitrogens is 3. The van der Waals surface area contributed by atoms with Gasteiger partial charge in [-0.15, -0.1) is 28.7 Å². The van der Waals surface area contributed by atoms with Crippen molar-refractivity contribution in [1.29, 1.82) is 0 Å². The molecule has 3 aromatic rings. The summed E-state index contributed by atoms with van der Waals surface area (Å²) in [6, 6.07) is 9.96. The minimum Gasteiger partial charge on any atom is -0.507 e. The number of hydrogen-bond donors (Lipinski definition) is 2. The Kier molecular flexibility index (Phi) is 8.06. The van der Waals surface area contributed by atoms with Gasteiger partial charge in [0.1, 0.15) is 11.5 Å². The number of nitrogens with zero attached hydrogens (tertiary/aromatic N) is 4. The van der Waals surface area contributed by atoms with Gasteiger partial charge in [-0.3, -0.25) is 9.47 Å². The van der Waals surface area contributed by atoms with Crippen LogP contribution >= 0.6 is 12.6 Å². The molecule has 1 fully saturated rings. The number of carbonyl (C=O) groups excluding carboxylic acids is 1. The predicted molar refractivity (Wildman–Crippen MR) is 131 cm³/mol. The lowest BCUT2D eigenvalue weighted by Crippen LogP contribution is -2.35. The SMILES string of the molecule is CC#CCc1cc(-c2nnc(S)n2-c2ccc(CN3CCOCC3)cc2)c(O)cc1OC(=O)C(F)(F)F. The normalized spacial score (nSPS) is 14.2. The molecule has 2 heterocycles. The third-order valence-electron chi connectivity index (χ3n) is 5.66. The first-order valence-electron chi connectivity index (χ1n) is 11.3. The fourth-order valence-corrected chi connectivity index (χ4v) is 4.08. The van der Waals surface area contributed by atoms with Crippen molar-refractivity contribution in [2.45, 2.75) is 31.2 Å². The van der Waals surface area contributed by atoms with E-state index in [1.165, 1.54) is 6.07 Å². The van der Waals surface area contributed by atoms with Gasteiger partial charge in [0.05, 0.1) is 18.8 Å². The van der Waals surface area contributed by atoms with Gasteiger partial charge in [0, 0.05) is 43.4 Å². The third kappa shape index (κ3) is 6.25. The average Bonchev–Trinajstić information content (AvgIpc) is 3.25. The third-order valence-corrected chi connectivity index (χ3v) is 5.95. The monoisotopic (exact) mass is 532 g/mol. The highest BCUT2D eigenvalue weighted by Crippen LogP contribution is 2.37. The molecule has 194 valence electrons. The summed E-state index contributed by atoms with van der Waals surface area (Å²) >= 11 is 4.39. The van der Waals surface area contributed by atoms with Crippen LogP contribution in [0.5, 0.6) is 11.5 Å². The number of rotatable bonds is 6. The van der Waals surface area contributed by atoms with Gasteiger partial charge in [-0.05, 0) is 30.7 Å². The number of hydrogen-bond acceptors (Lipinski definition) is 8. The maximum absolute atomic E-state index is 12.8. The Balaban J connectivity index is 1.68. The van der Waals surface area contributed by atoms with Crippen molar-refractivity contribution in [3.05, 3.63) is 47.5 Å². The summed E-state index contributed by atoms with van der Waals surface area (Å²) in [7, 11) is 0. The molecular formula is C25H23F3N4O4S. The molecule has 0 radical (unpaired) electrons. The van der Waals surface area contributed by atoms with Crippen molar-refractivity contribution >= 4 is 18.6 Å². The molecule has 37 heavy (non-hydrogen) atoms. The summed E-state index contributed by atoms with van der Waals surface area (Å²) in [5, 5.41) is 19.0. The van der Waals surface area contributed by atoms with Crippen molar-refractivity contribution < 1.29 is 32.5 Å². The van der Waals surface area contributed by atoms with E-state index in [4.69, 9.17) is 4.74 Å². The number of ether oxygens (including phenoxy) is 2. The highest BCUT2D eigenvalue weighted by Gasteiger charge is 2.41. The van der Waals surface area contributed by atoms with Crippen LogP contribution in [0.2, 0.25) is 0 Å². The fraction of sp³-hybridized carbons (Fsp3) is 0.320. The van der Waals surface area contributed by atoms with Crippen LogP contribution in [-0.2, 0) is 22.5 Å². The molecule has 1 saturated heterocycles. The summed E-state index contributed by atoms with van der Waals surface area (Å²) in [6.45, 7) is 5.46. The molecule has 4 rings (SSSR count). The van der Waals surface area contributed by atoms with E-state index in [1.54, 1.807) is 11.5 Å². The predicted octanol–water partition coefficient (Wildman–Crippen LogP) is 3.79. The van der Waals surface area contributed by atoms with Crippen molar-refractivity contribution in [2.24, 2.45) is 0 Å². The first-order valence-corrected chi connectivity index (χ1v) is 11.7. The Hall–Kier alpha value is -3.53. The Morgan fingerprint density at radius 2 is 1.89 bits per heavy atom.